The molecule has 0 radical (unpaired) electrons. The first-order chi connectivity index (χ1) is 12.7. The van der Waals surface area contributed by atoms with Gasteiger partial charge in [-0.05, 0) is 59.7 Å². The van der Waals surface area contributed by atoms with Crippen LogP contribution in [0.25, 0.3) is 6.08 Å². The molecule has 1 aromatic carbocycles. The first-order valence-corrected chi connectivity index (χ1v) is 9.48. The van der Waals surface area contributed by atoms with Crippen molar-refractivity contribution >= 4 is 40.8 Å². The summed E-state index contributed by atoms with van der Waals surface area (Å²) in [6, 6.07) is 8.39. The summed E-state index contributed by atoms with van der Waals surface area (Å²) in [5, 5.41) is 6.60. The van der Waals surface area contributed by atoms with E-state index in [2.05, 4.69) is 5.32 Å². The van der Waals surface area contributed by atoms with Gasteiger partial charge < -0.3 is 10.1 Å². The largest absolute Gasteiger partial charge is 0.451 e. The van der Waals surface area contributed by atoms with Crippen LogP contribution in [0.15, 0.2) is 47.2 Å². The molecule has 0 bridgehead atoms. The van der Waals surface area contributed by atoms with Crippen molar-refractivity contribution in [1.82, 2.24) is 0 Å². The van der Waals surface area contributed by atoms with Crippen LogP contribution >= 0.6 is 11.3 Å². The number of carbonyl (C=O) groups excluding carboxylic acids is 3. The summed E-state index contributed by atoms with van der Waals surface area (Å²) >= 11 is 1.53. The predicted molar refractivity (Wildman–Crippen MR) is 108 cm³/mol. The van der Waals surface area contributed by atoms with Crippen molar-refractivity contribution in [3.05, 3.63) is 58.3 Å². The van der Waals surface area contributed by atoms with Gasteiger partial charge in [-0.25, -0.2) is 4.79 Å². The number of amides is 1. The van der Waals surface area contributed by atoms with E-state index < -0.39 is 17.5 Å². The lowest BCUT2D eigenvalue weighted by Crippen LogP contribution is -2.27. The van der Waals surface area contributed by atoms with Crippen molar-refractivity contribution in [2.75, 3.05) is 5.32 Å². The maximum Gasteiger partial charge on any atom is 0.331 e. The Morgan fingerprint density at radius 3 is 2.33 bits per heavy atom. The molecule has 0 aliphatic rings. The smallest absolute Gasteiger partial charge is 0.331 e. The number of benzene rings is 1. The minimum absolute atomic E-state index is 0.110. The summed E-state index contributed by atoms with van der Waals surface area (Å²) in [6.07, 6.45) is 2.04. The molecule has 1 aromatic heterocycles. The molecule has 1 heterocycles. The summed E-state index contributed by atoms with van der Waals surface area (Å²) in [4.78, 5) is 36.3. The molecule has 27 heavy (non-hydrogen) atoms. The molecule has 0 saturated heterocycles. The van der Waals surface area contributed by atoms with Crippen molar-refractivity contribution in [3.8, 4) is 0 Å². The molecule has 5 nitrogen and oxygen atoms in total. The zero-order chi connectivity index (χ0) is 20.0. The molecule has 0 aliphatic carbocycles. The van der Waals surface area contributed by atoms with Crippen LogP contribution in [0.4, 0.5) is 5.69 Å². The lowest BCUT2D eigenvalue weighted by atomic mass is 9.95. The van der Waals surface area contributed by atoms with Crippen molar-refractivity contribution in [3.63, 3.8) is 0 Å². The Morgan fingerprint density at radius 2 is 1.78 bits per heavy atom. The van der Waals surface area contributed by atoms with E-state index in [1.165, 1.54) is 24.3 Å². The number of Topliss-reactive ketones (excluding diaryl/α,β-unsaturated/α-hetero) is 1. The van der Waals surface area contributed by atoms with E-state index in [9.17, 15) is 14.4 Å². The zero-order valence-electron chi connectivity index (χ0n) is 15.8. The molecule has 0 saturated carbocycles. The number of esters is 1. The third-order valence-corrected chi connectivity index (χ3v) is 4.43. The highest BCUT2D eigenvalue weighted by atomic mass is 32.1. The van der Waals surface area contributed by atoms with E-state index in [1.54, 1.807) is 30.3 Å². The van der Waals surface area contributed by atoms with Gasteiger partial charge >= 0.3 is 5.97 Å². The highest BCUT2D eigenvalue weighted by molar-refractivity contribution is 7.08. The SMILES string of the molecule is C[C@@H](OC(=O)/C=C/c1ccsc1)C(=O)c1ccc(NC(=O)C(C)(C)C)cc1. The molecular weight excluding hydrogens is 362 g/mol. The number of hydrogen-bond acceptors (Lipinski definition) is 5. The molecular formula is C21H23NO4S. The Hall–Kier alpha value is -2.73. The molecule has 2 rings (SSSR count). The van der Waals surface area contributed by atoms with Crippen molar-refractivity contribution in [1.29, 1.82) is 0 Å². The highest BCUT2D eigenvalue weighted by Gasteiger charge is 2.22. The van der Waals surface area contributed by atoms with Crippen molar-refractivity contribution in [2.24, 2.45) is 5.41 Å². The van der Waals surface area contributed by atoms with E-state index in [0.717, 1.165) is 5.56 Å². The Balaban J connectivity index is 1.94. The molecule has 0 fully saturated rings. The monoisotopic (exact) mass is 385 g/mol. The molecule has 1 amide bonds. The minimum atomic E-state index is -0.903. The van der Waals surface area contributed by atoms with Gasteiger partial charge in [-0.1, -0.05) is 20.8 Å². The molecule has 0 spiro atoms. The number of anilines is 1. The summed E-state index contributed by atoms with van der Waals surface area (Å²) in [5.74, 6) is -0.988. The number of nitrogens with one attached hydrogen (secondary N) is 1. The zero-order valence-corrected chi connectivity index (χ0v) is 16.6. The second-order valence-corrected chi connectivity index (χ2v) is 7.89. The van der Waals surface area contributed by atoms with Gasteiger partial charge in [-0.2, -0.15) is 11.3 Å². The number of thiophene rings is 1. The van der Waals surface area contributed by atoms with Crippen molar-refractivity contribution in [2.45, 2.75) is 33.8 Å². The topological polar surface area (TPSA) is 72.5 Å². The van der Waals surface area contributed by atoms with Gasteiger partial charge in [0.15, 0.2) is 6.10 Å². The van der Waals surface area contributed by atoms with Gasteiger partial charge in [0, 0.05) is 22.7 Å². The summed E-state index contributed by atoms with van der Waals surface area (Å²) in [5.41, 5.74) is 1.41. The fourth-order valence-electron chi connectivity index (χ4n) is 2.07. The molecule has 0 aliphatic heterocycles. The van der Waals surface area contributed by atoms with Gasteiger partial charge in [0.2, 0.25) is 11.7 Å². The quantitative estimate of drug-likeness (QED) is 0.449. The van der Waals surface area contributed by atoms with E-state index in [1.807, 2.05) is 37.6 Å². The van der Waals surface area contributed by atoms with Crippen LogP contribution < -0.4 is 5.32 Å². The molecule has 6 heteroatoms. The third-order valence-electron chi connectivity index (χ3n) is 3.73. The van der Waals surface area contributed by atoms with Crippen LogP contribution in [0.3, 0.4) is 0 Å². The first kappa shape index (κ1) is 20.6. The second-order valence-electron chi connectivity index (χ2n) is 7.11. The van der Waals surface area contributed by atoms with Crippen LogP contribution in [0, 0.1) is 5.41 Å². The van der Waals surface area contributed by atoms with E-state index in [-0.39, 0.29) is 11.7 Å². The van der Waals surface area contributed by atoms with Crippen molar-refractivity contribution < 1.29 is 19.1 Å². The van der Waals surface area contributed by atoms with Gasteiger partial charge in [0.1, 0.15) is 0 Å². The summed E-state index contributed by atoms with van der Waals surface area (Å²) < 4.78 is 5.16. The first-order valence-electron chi connectivity index (χ1n) is 8.53. The standard InChI is InChI=1S/C21H23NO4S/c1-14(26-18(23)10-5-15-11-12-27-13-15)19(24)16-6-8-17(9-7-16)22-20(25)21(2,3)4/h5-14H,1-4H3,(H,22,25)/b10-5+/t14-/m1/s1. The van der Waals surface area contributed by atoms with E-state index >= 15 is 0 Å². The molecule has 1 N–H and O–H groups in total. The highest BCUT2D eigenvalue weighted by Crippen LogP contribution is 2.18. The van der Waals surface area contributed by atoms with Crippen LogP contribution in [-0.2, 0) is 14.3 Å². The number of ketones is 1. The maximum absolute atomic E-state index is 12.4. The van der Waals surface area contributed by atoms with Gasteiger partial charge in [-0.15, -0.1) is 0 Å². The summed E-state index contributed by atoms with van der Waals surface area (Å²) in [7, 11) is 0. The fourth-order valence-corrected chi connectivity index (χ4v) is 2.70. The Bertz CT molecular complexity index is 830. The fraction of sp³-hybridized carbons (Fsp3) is 0.286. The number of ether oxygens (including phenoxy) is 1. The third kappa shape index (κ3) is 6.18. The Labute approximate surface area is 163 Å². The molecule has 0 unspecified atom stereocenters. The van der Waals surface area contributed by atoms with Crippen LogP contribution in [0.5, 0.6) is 0 Å². The average molecular weight is 385 g/mol. The number of rotatable bonds is 6. The van der Waals surface area contributed by atoms with E-state index in [0.29, 0.717) is 11.3 Å². The lowest BCUT2D eigenvalue weighted by molar-refractivity contribution is -0.140. The predicted octanol–water partition coefficient (Wildman–Crippen LogP) is 4.56. The van der Waals surface area contributed by atoms with Crippen LogP contribution in [-0.4, -0.2) is 23.8 Å². The van der Waals surface area contributed by atoms with Crippen LogP contribution in [0.1, 0.15) is 43.6 Å². The lowest BCUT2D eigenvalue weighted by Gasteiger charge is -2.18. The average Bonchev–Trinajstić information content (AvgIpc) is 3.12. The normalized spacial score (nSPS) is 12.6. The number of carbonyl (C=O) groups is 3. The van der Waals surface area contributed by atoms with Gasteiger partial charge in [0.25, 0.3) is 0 Å². The van der Waals surface area contributed by atoms with Crippen LogP contribution in [0.2, 0.25) is 0 Å². The molecule has 1 atom stereocenters. The molecule has 2 aromatic rings. The molecule has 142 valence electrons. The minimum Gasteiger partial charge on any atom is -0.451 e. The summed E-state index contributed by atoms with van der Waals surface area (Å²) in [6.45, 7) is 7.00. The van der Waals surface area contributed by atoms with Gasteiger partial charge in [0.05, 0.1) is 0 Å². The van der Waals surface area contributed by atoms with E-state index in [4.69, 9.17) is 4.74 Å². The maximum atomic E-state index is 12.4. The number of hydrogen-bond donors (Lipinski definition) is 1. The second kappa shape index (κ2) is 8.77. The Kier molecular flexibility index (Phi) is 6.69. The van der Waals surface area contributed by atoms with Gasteiger partial charge in [-0.3, -0.25) is 9.59 Å². The Morgan fingerprint density at radius 1 is 1.11 bits per heavy atom.